The third-order valence-corrected chi connectivity index (χ3v) is 5.86. The van der Waals surface area contributed by atoms with Crippen molar-refractivity contribution in [2.75, 3.05) is 19.3 Å². The lowest BCUT2D eigenvalue weighted by Crippen LogP contribution is -2.51. The van der Waals surface area contributed by atoms with Crippen LogP contribution in [-0.4, -0.2) is 44.1 Å². The number of thiophene rings is 1. The molecule has 0 saturated carbocycles. The molecule has 0 unspecified atom stereocenters. The van der Waals surface area contributed by atoms with E-state index in [2.05, 4.69) is 10.6 Å². The van der Waals surface area contributed by atoms with E-state index in [-0.39, 0.29) is 12.1 Å². The Morgan fingerprint density at radius 2 is 2.29 bits per heavy atom. The van der Waals surface area contributed by atoms with E-state index >= 15 is 0 Å². The summed E-state index contributed by atoms with van der Waals surface area (Å²) in [4.78, 5) is 13.0. The van der Waals surface area contributed by atoms with Gasteiger partial charge in [-0.2, -0.15) is 0 Å². The molecule has 6 nitrogen and oxygen atoms in total. The predicted octanol–water partition coefficient (Wildman–Crippen LogP) is 1.28. The molecule has 2 heterocycles. The number of hydrogen-bond donors (Lipinski definition) is 2. The molecule has 1 saturated heterocycles. The third kappa shape index (κ3) is 4.69. The summed E-state index contributed by atoms with van der Waals surface area (Å²) >= 11 is 1.61. The Morgan fingerprint density at radius 1 is 1.52 bits per heavy atom. The van der Waals surface area contributed by atoms with Gasteiger partial charge < -0.3 is 10.6 Å². The quantitative estimate of drug-likeness (QED) is 0.872. The maximum Gasteiger partial charge on any atom is 0.315 e. The van der Waals surface area contributed by atoms with Gasteiger partial charge >= 0.3 is 6.03 Å². The first-order chi connectivity index (χ1) is 9.86. The van der Waals surface area contributed by atoms with Gasteiger partial charge in [-0.15, -0.1) is 11.3 Å². The van der Waals surface area contributed by atoms with Gasteiger partial charge in [0.25, 0.3) is 0 Å². The molecule has 21 heavy (non-hydrogen) atoms. The fraction of sp³-hybridized carbons (Fsp3) is 0.615. The van der Waals surface area contributed by atoms with E-state index in [1.807, 2.05) is 18.4 Å². The highest BCUT2D eigenvalue weighted by Crippen LogP contribution is 2.15. The molecule has 1 fully saturated rings. The Hall–Kier alpha value is -1.12. The molecular formula is C13H21N3O3S2. The van der Waals surface area contributed by atoms with E-state index in [0.29, 0.717) is 19.6 Å². The van der Waals surface area contributed by atoms with Crippen LogP contribution in [0.1, 0.15) is 23.3 Å². The molecule has 0 radical (unpaired) electrons. The van der Waals surface area contributed by atoms with Crippen LogP contribution in [0, 0.1) is 6.92 Å². The summed E-state index contributed by atoms with van der Waals surface area (Å²) in [7, 11) is -3.18. The van der Waals surface area contributed by atoms with E-state index < -0.39 is 10.0 Å². The molecule has 1 aliphatic heterocycles. The second-order valence-electron chi connectivity index (χ2n) is 5.31. The number of carbonyl (C=O) groups excluding carboxylic acids is 1. The standard InChI is InChI=1S/C13H21N3O3S2/c1-10-5-7-20-12(10)8-14-13(17)15-11-4-3-6-16(9-11)21(2,18)19/h5,7,11H,3-4,6,8-9H2,1-2H3,(H2,14,15,17)/t11-/m1/s1. The lowest BCUT2D eigenvalue weighted by Gasteiger charge is -2.31. The average Bonchev–Trinajstić information content (AvgIpc) is 2.81. The van der Waals surface area contributed by atoms with E-state index in [0.717, 1.165) is 17.7 Å². The smallest absolute Gasteiger partial charge is 0.315 e. The van der Waals surface area contributed by atoms with Crippen LogP contribution in [0.4, 0.5) is 4.79 Å². The molecule has 2 N–H and O–H groups in total. The maximum absolute atomic E-state index is 11.9. The fourth-order valence-electron chi connectivity index (χ4n) is 2.34. The van der Waals surface area contributed by atoms with Crippen LogP contribution in [0.25, 0.3) is 0 Å². The van der Waals surface area contributed by atoms with Gasteiger partial charge in [0.05, 0.1) is 12.8 Å². The highest BCUT2D eigenvalue weighted by molar-refractivity contribution is 7.88. The summed E-state index contributed by atoms with van der Waals surface area (Å²) in [6, 6.07) is 1.64. The van der Waals surface area contributed by atoms with Gasteiger partial charge in [-0.05, 0) is 36.8 Å². The predicted molar refractivity (Wildman–Crippen MR) is 83.9 cm³/mol. The van der Waals surface area contributed by atoms with Crippen LogP contribution in [0.2, 0.25) is 0 Å². The van der Waals surface area contributed by atoms with E-state index in [1.54, 1.807) is 11.3 Å². The maximum atomic E-state index is 11.9. The molecule has 8 heteroatoms. The Bertz CT molecular complexity index is 598. The van der Waals surface area contributed by atoms with Crippen molar-refractivity contribution in [3.8, 4) is 0 Å². The Morgan fingerprint density at radius 3 is 2.90 bits per heavy atom. The summed E-state index contributed by atoms with van der Waals surface area (Å²) in [5.74, 6) is 0. The topological polar surface area (TPSA) is 78.5 Å². The number of rotatable bonds is 4. The van der Waals surface area contributed by atoms with Crippen LogP contribution < -0.4 is 10.6 Å². The summed E-state index contributed by atoms with van der Waals surface area (Å²) < 4.78 is 24.5. The van der Waals surface area contributed by atoms with E-state index in [1.165, 1.54) is 16.1 Å². The highest BCUT2D eigenvalue weighted by Gasteiger charge is 2.26. The minimum absolute atomic E-state index is 0.127. The van der Waals surface area contributed by atoms with Gasteiger partial charge in [0.2, 0.25) is 10.0 Å². The Balaban J connectivity index is 1.81. The van der Waals surface area contributed by atoms with Gasteiger partial charge in [0, 0.05) is 24.0 Å². The summed E-state index contributed by atoms with van der Waals surface area (Å²) in [5.41, 5.74) is 1.17. The summed E-state index contributed by atoms with van der Waals surface area (Å²) in [6.45, 7) is 3.39. The van der Waals surface area contributed by atoms with Crippen LogP contribution in [0.3, 0.4) is 0 Å². The molecule has 0 bridgehead atoms. The van der Waals surface area contributed by atoms with Gasteiger partial charge in [0.1, 0.15) is 0 Å². The number of aryl methyl sites for hydroxylation is 1. The third-order valence-electron chi connectivity index (χ3n) is 3.57. The van der Waals surface area contributed by atoms with Crippen molar-refractivity contribution in [1.82, 2.24) is 14.9 Å². The number of piperidine rings is 1. The minimum atomic E-state index is -3.18. The van der Waals surface area contributed by atoms with Crippen molar-refractivity contribution in [2.45, 2.75) is 32.4 Å². The second-order valence-corrected chi connectivity index (χ2v) is 8.30. The Labute approximate surface area is 129 Å². The molecule has 0 aromatic carbocycles. The molecule has 1 aromatic heterocycles. The van der Waals surface area contributed by atoms with Crippen LogP contribution in [0.5, 0.6) is 0 Å². The zero-order valence-corrected chi connectivity index (χ0v) is 13.9. The molecular weight excluding hydrogens is 310 g/mol. The van der Waals surface area contributed by atoms with E-state index in [4.69, 9.17) is 0 Å². The lowest BCUT2D eigenvalue weighted by molar-refractivity contribution is 0.225. The normalized spacial score (nSPS) is 20.2. The largest absolute Gasteiger partial charge is 0.334 e. The van der Waals surface area contributed by atoms with Crippen molar-refractivity contribution in [3.05, 3.63) is 21.9 Å². The zero-order valence-electron chi connectivity index (χ0n) is 12.3. The number of urea groups is 1. The molecule has 118 valence electrons. The highest BCUT2D eigenvalue weighted by atomic mass is 32.2. The van der Waals surface area contributed by atoms with Gasteiger partial charge in [-0.25, -0.2) is 17.5 Å². The number of carbonyl (C=O) groups is 1. The van der Waals surface area contributed by atoms with Crippen LogP contribution >= 0.6 is 11.3 Å². The van der Waals surface area contributed by atoms with Crippen LogP contribution in [0.15, 0.2) is 11.4 Å². The Kier molecular flexibility index (Phi) is 5.23. The molecule has 0 aliphatic carbocycles. The number of nitrogens with one attached hydrogen (secondary N) is 2. The lowest BCUT2D eigenvalue weighted by atomic mass is 10.1. The molecule has 2 rings (SSSR count). The second kappa shape index (κ2) is 6.76. The molecule has 1 aliphatic rings. The fourth-order valence-corrected chi connectivity index (χ4v) is 4.10. The first-order valence-electron chi connectivity index (χ1n) is 6.88. The van der Waals surface area contributed by atoms with Gasteiger partial charge in [-0.3, -0.25) is 0 Å². The first kappa shape index (κ1) is 16.3. The summed E-state index contributed by atoms with van der Waals surface area (Å²) in [6.07, 6.45) is 2.77. The molecule has 1 atom stereocenters. The molecule has 2 amide bonds. The number of hydrogen-bond acceptors (Lipinski definition) is 4. The van der Waals surface area contributed by atoms with Crippen molar-refractivity contribution < 1.29 is 13.2 Å². The summed E-state index contributed by atoms with van der Waals surface area (Å²) in [5, 5.41) is 7.67. The zero-order chi connectivity index (χ0) is 15.5. The van der Waals surface area contributed by atoms with Gasteiger partial charge in [0.15, 0.2) is 0 Å². The van der Waals surface area contributed by atoms with Crippen molar-refractivity contribution in [2.24, 2.45) is 0 Å². The first-order valence-corrected chi connectivity index (χ1v) is 9.61. The molecule has 0 spiro atoms. The monoisotopic (exact) mass is 331 g/mol. The SMILES string of the molecule is Cc1ccsc1CNC(=O)N[C@@H]1CCCN(S(C)(=O)=O)C1. The number of sulfonamides is 1. The van der Waals surface area contributed by atoms with Crippen molar-refractivity contribution >= 4 is 27.4 Å². The average molecular weight is 331 g/mol. The minimum Gasteiger partial charge on any atom is -0.334 e. The van der Waals surface area contributed by atoms with Gasteiger partial charge in [-0.1, -0.05) is 0 Å². The van der Waals surface area contributed by atoms with Crippen LogP contribution in [-0.2, 0) is 16.6 Å². The van der Waals surface area contributed by atoms with Crippen molar-refractivity contribution in [3.63, 3.8) is 0 Å². The molecule has 1 aromatic rings. The number of amides is 2. The van der Waals surface area contributed by atoms with Crippen molar-refractivity contribution in [1.29, 1.82) is 0 Å². The van der Waals surface area contributed by atoms with E-state index in [9.17, 15) is 13.2 Å². The number of nitrogens with zero attached hydrogens (tertiary/aromatic N) is 1.